The van der Waals surface area contributed by atoms with E-state index < -0.39 is 5.97 Å². The summed E-state index contributed by atoms with van der Waals surface area (Å²) in [6.45, 7) is 6.82. The van der Waals surface area contributed by atoms with Crippen molar-refractivity contribution in [2.45, 2.75) is 136 Å². The van der Waals surface area contributed by atoms with E-state index in [1.54, 1.807) is 21.3 Å². The fourth-order valence-electron chi connectivity index (χ4n) is 4.74. The lowest BCUT2D eigenvalue weighted by molar-refractivity contribution is -0.410. The Labute approximate surface area is 177 Å². The number of unbranched alkanes of at least 4 members (excludes halogenated alkanes) is 12. The van der Waals surface area contributed by atoms with E-state index in [9.17, 15) is 0 Å². The van der Waals surface area contributed by atoms with Gasteiger partial charge in [0, 0.05) is 21.3 Å². The van der Waals surface area contributed by atoms with Crippen molar-refractivity contribution in [1.82, 2.24) is 0 Å². The largest absolute Gasteiger partial charge is 0.330 e. The second-order valence-electron chi connectivity index (χ2n) is 8.55. The molecule has 0 aromatic heterocycles. The van der Waals surface area contributed by atoms with E-state index in [4.69, 9.17) is 14.2 Å². The van der Waals surface area contributed by atoms with Crippen LogP contribution in [0.5, 0.6) is 0 Å². The van der Waals surface area contributed by atoms with Crippen molar-refractivity contribution in [2.24, 2.45) is 5.41 Å². The van der Waals surface area contributed by atoms with E-state index in [0.717, 1.165) is 19.3 Å². The van der Waals surface area contributed by atoms with Crippen LogP contribution in [0.1, 0.15) is 130 Å². The summed E-state index contributed by atoms with van der Waals surface area (Å²) in [6, 6.07) is 0. The van der Waals surface area contributed by atoms with Crippen molar-refractivity contribution < 1.29 is 14.2 Å². The molecule has 0 saturated carbocycles. The highest BCUT2D eigenvalue weighted by atomic mass is 16.9. The third kappa shape index (κ3) is 9.59. The van der Waals surface area contributed by atoms with Crippen LogP contribution in [0, 0.1) is 5.41 Å². The van der Waals surface area contributed by atoms with Gasteiger partial charge in [-0.2, -0.15) is 0 Å². The van der Waals surface area contributed by atoms with E-state index in [2.05, 4.69) is 20.8 Å². The van der Waals surface area contributed by atoms with Crippen LogP contribution in [0.25, 0.3) is 0 Å². The van der Waals surface area contributed by atoms with Crippen LogP contribution in [0.3, 0.4) is 0 Å². The monoisotopic (exact) mass is 400 g/mol. The first-order valence-corrected chi connectivity index (χ1v) is 12.3. The molecule has 28 heavy (non-hydrogen) atoms. The average molecular weight is 401 g/mol. The Morgan fingerprint density at radius 2 is 0.786 bits per heavy atom. The molecule has 0 aliphatic carbocycles. The van der Waals surface area contributed by atoms with E-state index in [0.29, 0.717) is 0 Å². The molecule has 0 heterocycles. The highest BCUT2D eigenvalue weighted by molar-refractivity contribution is 4.88. The molecule has 0 aliphatic rings. The minimum absolute atomic E-state index is 0.0712. The molecule has 0 aromatic rings. The predicted molar refractivity (Wildman–Crippen MR) is 122 cm³/mol. The molecule has 170 valence electrons. The zero-order valence-electron chi connectivity index (χ0n) is 20.2. The Kier molecular flexibility index (Phi) is 17.6. The van der Waals surface area contributed by atoms with Crippen LogP contribution >= 0.6 is 0 Å². The number of ether oxygens (including phenoxy) is 3. The molecule has 0 fully saturated rings. The smallest absolute Gasteiger partial charge is 0.288 e. The van der Waals surface area contributed by atoms with Crippen LogP contribution in [0.2, 0.25) is 0 Å². The summed E-state index contributed by atoms with van der Waals surface area (Å²) in [5.74, 6) is -0.924. The molecule has 1 unspecified atom stereocenters. The van der Waals surface area contributed by atoms with Gasteiger partial charge in [0.05, 0.1) is 5.41 Å². The normalized spacial score (nSPS) is 14.4. The van der Waals surface area contributed by atoms with Gasteiger partial charge in [0.2, 0.25) is 0 Å². The predicted octanol–water partition coefficient (Wildman–Crippen LogP) is 8.26. The third-order valence-electron chi connectivity index (χ3n) is 6.65. The Balaban J connectivity index is 4.69. The maximum atomic E-state index is 5.87. The minimum atomic E-state index is -0.924. The third-order valence-corrected chi connectivity index (χ3v) is 6.65. The molecule has 0 saturated heterocycles. The Bertz CT molecular complexity index is 319. The van der Waals surface area contributed by atoms with E-state index in [1.165, 1.54) is 89.9 Å². The summed E-state index contributed by atoms with van der Waals surface area (Å²) >= 11 is 0. The molecule has 0 radical (unpaired) electrons. The van der Waals surface area contributed by atoms with Crippen LogP contribution in [-0.4, -0.2) is 27.3 Å². The van der Waals surface area contributed by atoms with Gasteiger partial charge in [0.25, 0.3) is 5.97 Å². The van der Waals surface area contributed by atoms with Gasteiger partial charge >= 0.3 is 0 Å². The molecule has 3 heteroatoms. The van der Waals surface area contributed by atoms with Gasteiger partial charge in [-0.1, -0.05) is 111 Å². The summed E-state index contributed by atoms with van der Waals surface area (Å²) in [5.41, 5.74) is -0.0712. The van der Waals surface area contributed by atoms with Crippen molar-refractivity contribution in [3.63, 3.8) is 0 Å². The fraction of sp³-hybridized carbons (Fsp3) is 1.00. The van der Waals surface area contributed by atoms with Crippen LogP contribution in [-0.2, 0) is 14.2 Å². The summed E-state index contributed by atoms with van der Waals surface area (Å²) < 4.78 is 17.6. The maximum absolute atomic E-state index is 5.87. The fourth-order valence-corrected chi connectivity index (χ4v) is 4.74. The van der Waals surface area contributed by atoms with Crippen molar-refractivity contribution in [1.29, 1.82) is 0 Å². The van der Waals surface area contributed by atoms with Crippen molar-refractivity contribution >= 4 is 0 Å². The SMILES string of the molecule is CCCCCCCCCCC(CC)(CCCCCCCC)C(OC)(OC)OC. The molecule has 0 aliphatic heterocycles. The minimum Gasteiger partial charge on any atom is -0.330 e. The van der Waals surface area contributed by atoms with Crippen molar-refractivity contribution in [3.8, 4) is 0 Å². The molecule has 3 nitrogen and oxygen atoms in total. The van der Waals surface area contributed by atoms with Crippen molar-refractivity contribution in [3.05, 3.63) is 0 Å². The van der Waals surface area contributed by atoms with E-state index in [1.807, 2.05) is 0 Å². The molecule has 0 rings (SSSR count). The molecule has 0 spiro atoms. The Hall–Kier alpha value is -0.120. The Morgan fingerprint density at radius 1 is 0.464 bits per heavy atom. The van der Waals surface area contributed by atoms with E-state index in [-0.39, 0.29) is 5.41 Å². The van der Waals surface area contributed by atoms with Crippen LogP contribution in [0.4, 0.5) is 0 Å². The van der Waals surface area contributed by atoms with Gasteiger partial charge < -0.3 is 14.2 Å². The lowest BCUT2D eigenvalue weighted by Gasteiger charge is -2.47. The molecule has 1 atom stereocenters. The van der Waals surface area contributed by atoms with Gasteiger partial charge in [0.15, 0.2) is 0 Å². The molecular weight excluding hydrogens is 348 g/mol. The van der Waals surface area contributed by atoms with Crippen molar-refractivity contribution in [2.75, 3.05) is 21.3 Å². The Morgan fingerprint density at radius 3 is 1.07 bits per heavy atom. The summed E-state index contributed by atoms with van der Waals surface area (Å²) in [6.07, 6.45) is 21.9. The number of hydrogen-bond donors (Lipinski definition) is 0. The van der Waals surface area contributed by atoms with Crippen LogP contribution in [0.15, 0.2) is 0 Å². The van der Waals surface area contributed by atoms with Gasteiger partial charge in [0.1, 0.15) is 0 Å². The van der Waals surface area contributed by atoms with Gasteiger partial charge in [-0.25, -0.2) is 0 Å². The summed E-state index contributed by atoms with van der Waals surface area (Å²) in [4.78, 5) is 0. The highest BCUT2D eigenvalue weighted by Crippen LogP contribution is 2.47. The quantitative estimate of drug-likeness (QED) is 0.143. The van der Waals surface area contributed by atoms with Crippen LogP contribution < -0.4 is 0 Å². The maximum Gasteiger partial charge on any atom is 0.288 e. The zero-order chi connectivity index (χ0) is 21.1. The van der Waals surface area contributed by atoms with E-state index >= 15 is 0 Å². The first kappa shape index (κ1) is 27.9. The highest BCUT2D eigenvalue weighted by Gasteiger charge is 2.51. The molecule has 0 N–H and O–H groups in total. The topological polar surface area (TPSA) is 27.7 Å². The number of hydrogen-bond acceptors (Lipinski definition) is 3. The molecule has 0 aromatic carbocycles. The first-order valence-electron chi connectivity index (χ1n) is 12.3. The lowest BCUT2D eigenvalue weighted by atomic mass is 9.73. The lowest BCUT2D eigenvalue weighted by Crippen LogP contribution is -2.52. The molecule has 0 bridgehead atoms. The number of rotatable bonds is 21. The van der Waals surface area contributed by atoms with Gasteiger partial charge in [-0.3, -0.25) is 0 Å². The standard InChI is InChI=1S/C25H52O3/c1-7-10-12-14-16-17-19-21-23-24(9-3,25(26-4,27-5)28-6)22-20-18-15-13-11-8-2/h7-23H2,1-6H3. The average Bonchev–Trinajstić information content (AvgIpc) is 2.73. The van der Waals surface area contributed by atoms with Gasteiger partial charge in [-0.05, 0) is 19.3 Å². The molecule has 0 amide bonds. The first-order chi connectivity index (χ1) is 13.6. The number of methoxy groups -OCH3 is 3. The molecular formula is C25H52O3. The van der Waals surface area contributed by atoms with Gasteiger partial charge in [-0.15, -0.1) is 0 Å². The summed E-state index contributed by atoms with van der Waals surface area (Å²) in [5, 5.41) is 0. The zero-order valence-corrected chi connectivity index (χ0v) is 20.2. The summed E-state index contributed by atoms with van der Waals surface area (Å²) in [7, 11) is 5.19. The second-order valence-corrected chi connectivity index (χ2v) is 8.55. The second kappa shape index (κ2) is 17.7.